The summed E-state index contributed by atoms with van der Waals surface area (Å²) in [7, 11) is 1.80. The van der Waals surface area contributed by atoms with E-state index in [-0.39, 0.29) is 24.4 Å². The maximum atomic E-state index is 12.5. The number of amides is 2. The van der Waals surface area contributed by atoms with Gasteiger partial charge < -0.3 is 15.1 Å². The number of hydrogen-bond donors (Lipinski definition) is 1. The van der Waals surface area contributed by atoms with E-state index in [2.05, 4.69) is 12.2 Å². The maximum Gasteiger partial charge on any atom is 0.241 e. The number of carbonyl (C=O) groups excluding carboxylic acids is 2. The highest BCUT2D eigenvalue weighted by Gasteiger charge is 2.32. The summed E-state index contributed by atoms with van der Waals surface area (Å²) in [6.07, 6.45) is 3.09. The smallest absolute Gasteiger partial charge is 0.241 e. The van der Waals surface area contributed by atoms with Gasteiger partial charge in [-0.1, -0.05) is 6.92 Å². The molecular formula is C13H23N3O2. The number of carbonyl (C=O) groups is 2. The summed E-state index contributed by atoms with van der Waals surface area (Å²) in [5, 5.41) is 3.30. The number of hydrogen-bond acceptors (Lipinski definition) is 3. The molecule has 0 aromatic rings. The molecule has 0 aromatic carbocycles. The summed E-state index contributed by atoms with van der Waals surface area (Å²) in [5.41, 5.74) is 0. The largest absolute Gasteiger partial charge is 0.344 e. The second-order valence-electron chi connectivity index (χ2n) is 5.48. The van der Waals surface area contributed by atoms with Gasteiger partial charge in [-0.2, -0.15) is 0 Å². The average Bonchev–Trinajstić information content (AvgIpc) is 2.52. The van der Waals surface area contributed by atoms with Crippen LogP contribution in [0.25, 0.3) is 0 Å². The Morgan fingerprint density at radius 3 is 2.83 bits per heavy atom. The molecule has 0 spiro atoms. The van der Waals surface area contributed by atoms with Crippen molar-refractivity contribution in [3.63, 3.8) is 0 Å². The van der Waals surface area contributed by atoms with E-state index in [1.54, 1.807) is 16.8 Å². The van der Waals surface area contributed by atoms with Crippen LogP contribution in [0.2, 0.25) is 0 Å². The number of piperidine rings is 1. The first kappa shape index (κ1) is 13.3. The molecule has 102 valence electrons. The lowest BCUT2D eigenvalue weighted by Crippen LogP contribution is -2.53. The zero-order valence-electron chi connectivity index (χ0n) is 11.3. The third-order valence-corrected chi connectivity index (χ3v) is 4.02. The Labute approximate surface area is 108 Å². The van der Waals surface area contributed by atoms with Gasteiger partial charge in [-0.25, -0.2) is 0 Å². The molecule has 18 heavy (non-hydrogen) atoms. The highest BCUT2D eigenvalue weighted by Crippen LogP contribution is 2.18. The minimum atomic E-state index is -0.102. The minimum Gasteiger partial charge on any atom is -0.344 e. The lowest BCUT2D eigenvalue weighted by molar-refractivity contribution is -0.140. The van der Waals surface area contributed by atoms with Crippen LogP contribution in [0, 0.1) is 5.92 Å². The van der Waals surface area contributed by atoms with Gasteiger partial charge in [0.05, 0.1) is 12.6 Å². The van der Waals surface area contributed by atoms with Crippen LogP contribution in [-0.4, -0.2) is 60.9 Å². The zero-order valence-corrected chi connectivity index (χ0v) is 11.3. The van der Waals surface area contributed by atoms with Crippen molar-refractivity contribution < 1.29 is 9.59 Å². The fraction of sp³-hybridized carbons (Fsp3) is 0.846. The van der Waals surface area contributed by atoms with Crippen LogP contribution in [0.5, 0.6) is 0 Å². The second kappa shape index (κ2) is 5.69. The van der Waals surface area contributed by atoms with E-state index in [4.69, 9.17) is 0 Å². The van der Waals surface area contributed by atoms with Crippen molar-refractivity contribution in [2.45, 2.75) is 32.2 Å². The summed E-state index contributed by atoms with van der Waals surface area (Å²) < 4.78 is 0. The Morgan fingerprint density at radius 1 is 1.33 bits per heavy atom. The molecule has 0 aromatic heterocycles. The summed E-state index contributed by atoms with van der Waals surface area (Å²) in [5.74, 6) is 0.512. The van der Waals surface area contributed by atoms with Crippen LogP contribution < -0.4 is 5.32 Å². The Hall–Kier alpha value is -1.10. The average molecular weight is 253 g/mol. The number of nitrogens with one attached hydrogen (secondary N) is 1. The van der Waals surface area contributed by atoms with Crippen LogP contribution in [0.15, 0.2) is 0 Å². The van der Waals surface area contributed by atoms with E-state index in [0.29, 0.717) is 12.5 Å². The van der Waals surface area contributed by atoms with E-state index in [0.717, 1.165) is 32.4 Å². The van der Waals surface area contributed by atoms with Gasteiger partial charge in [0.2, 0.25) is 11.8 Å². The van der Waals surface area contributed by atoms with E-state index in [1.165, 1.54) is 0 Å². The topological polar surface area (TPSA) is 52.7 Å². The molecule has 0 bridgehead atoms. The minimum absolute atomic E-state index is 0.0457. The summed E-state index contributed by atoms with van der Waals surface area (Å²) in [6, 6.07) is -0.102. The molecular weight excluding hydrogens is 230 g/mol. The molecule has 2 atom stereocenters. The molecule has 2 unspecified atom stereocenters. The number of nitrogens with zero attached hydrogens (tertiary/aromatic N) is 2. The van der Waals surface area contributed by atoms with Crippen molar-refractivity contribution in [3.8, 4) is 0 Å². The van der Waals surface area contributed by atoms with E-state index in [1.807, 2.05) is 0 Å². The molecule has 0 saturated carbocycles. The fourth-order valence-electron chi connectivity index (χ4n) is 2.75. The van der Waals surface area contributed by atoms with Crippen LogP contribution in [0.3, 0.4) is 0 Å². The number of rotatable bonds is 1. The Bertz CT molecular complexity index is 332. The molecule has 2 aliphatic heterocycles. The highest BCUT2D eigenvalue weighted by atomic mass is 16.2. The lowest BCUT2D eigenvalue weighted by Gasteiger charge is -2.33. The quantitative estimate of drug-likeness (QED) is 0.719. The summed E-state index contributed by atoms with van der Waals surface area (Å²) in [4.78, 5) is 27.7. The first-order valence-corrected chi connectivity index (χ1v) is 6.85. The lowest BCUT2D eigenvalue weighted by atomic mass is 9.92. The third kappa shape index (κ3) is 2.83. The standard InChI is InChI=1S/C13H23N3O2/c1-10-5-3-6-14-12(10)13(18)16-8-4-7-15(2)11(17)9-16/h10,12,14H,3-9H2,1-2H3. The predicted octanol–water partition coefficient (Wildman–Crippen LogP) is 0.0652. The fourth-order valence-corrected chi connectivity index (χ4v) is 2.75. The van der Waals surface area contributed by atoms with Gasteiger partial charge in [-0.15, -0.1) is 0 Å². The highest BCUT2D eigenvalue weighted by molar-refractivity contribution is 5.88. The van der Waals surface area contributed by atoms with Gasteiger partial charge in [0.15, 0.2) is 0 Å². The van der Waals surface area contributed by atoms with E-state index in [9.17, 15) is 9.59 Å². The molecule has 2 aliphatic rings. The van der Waals surface area contributed by atoms with Gasteiger partial charge in [0.1, 0.15) is 0 Å². The van der Waals surface area contributed by atoms with Gasteiger partial charge in [-0.05, 0) is 31.7 Å². The molecule has 0 aliphatic carbocycles. The Morgan fingerprint density at radius 2 is 2.11 bits per heavy atom. The van der Waals surface area contributed by atoms with Crippen molar-refractivity contribution in [1.29, 1.82) is 0 Å². The monoisotopic (exact) mass is 253 g/mol. The van der Waals surface area contributed by atoms with Crippen molar-refractivity contribution in [2.75, 3.05) is 33.2 Å². The van der Waals surface area contributed by atoms with Crippen molar-refractivity contribution in [2.24, 2.45) is 5.92 Å². The number of likely N-dealkylation sites (N-methyl/N-ethyl adjacent to an activating group) is 1. The molecule has 0 radical (unpaired) electrons. The molecule has 2 amide bonds. The molecule has 5 heteroatoms. The first-order valence-electron chi connectivity index (χ1n) is 6.85. The normalized spacial score (nSPS) is 30.2. The third-order valence-electron chi connectivity index (χ3n) is 4.02. The van der Waals surface area contributed by atoms with Gasteiger partial charge in [-0.3, -0.25) is 9.59 Å². The van der Waals surface area contributed by atoms with Crippen molar-refractivity contribution in [1.82, 2.24) is 15.1 Å². The van der Waals surface area contributed by atoms with Crippen molar-refractivity contribution >= 4 is 11.8 Å². The van der Waals surface area contributed by atoms with Crippen LogP contribution >= 0.6 is 0 Å². The molecule has 2 fully saturated rings. The molecule has 1 N–H and O–H groups in total. The van der Waals surface area contributed by atoms with Gasteiger partial charge in [0.25, 0.3) is 0 Å². The van der Waals surface area contributed by atoms with Crippen LogP contribution in [0.4, 0.5) is 0 Å². The Kier molecular flexibility index (Phi) is 4.22. The van der Waals surface area contributed by atoms with E-state index >= 15 is 0 Å². The molecule has 5 nitrogen and oxygen atoms in total. The predicted molar refractivity (Wildman–Crippen MR) is 69.0 cm³/mol. The SMILES string of the molecule is CC1CCCNC1C(=O)N1CCCN(C)C(=O)C1. The summed E-state index contributed by atoms with van der Waals surface area (Å²) >= 11 is 0. The second-order valence-corrected chi connectivity index (χ2v) is 5.48. The molecule has 2 heterocycles. The molecule has 2 rings (SSSR count). The van der Waals surface area contributed by atoms with Crippen LogP contribution in [-0.2, 0) is 9.59 Å². The zero-order chi connectivity index (χ0) is 13.1. The van der Waals surface area contributed by atoms with E-state index < -0.39 is 0 Å². The van der Waals surface area contributed by atoms with Crippen LogP contribution in [0.1, 0.15) is 26.2 Å². The van der Waals surface area contributed by atoms with Crippen molar-refractivity contribution in [3.05, 3.63) is 0 Å². The Balaban J connectivity index is 2.01. The first-order chi connectivity index (χ1) is 8.59. The molecule has 2 saturated heterocycles. The van der Waals surface area contributed by atoms with Gasteiger partial charge >= 0.3 is 0 Å². The maximum absolute atomic E-state index is 12.5. The summed E-state index contributed by atoms with van der Waals surface area (Å²) in [6.45, 7) is 4.69. The van der Waals surface area contributed by atoms with Gasteiger partial charge in [0, 0.05) is 20.1 Å².